The molecule has 0 spiro atoms. The van der Waals surface area contributed by atoms with Gasteiger partial charge in [0, 0.05) is 23.2 Å². The van der Waals surface area contributed by atoms with Crippen molar-refractivity contribution >= 4 is 49.1 Å². The molecule has 0 saturated heterocycles. The highest BCUT2D eigenvalue weighted by Crippen LogP contribution is 2.31. The van der Waals surface area contributed by atoms with E-state index in [1.54, 1.807) is 17.8 Å². The van der Waals surface area contributed by atoms with Crippen LogP contribution >= 0.6 is 39.0 Å². The van der Waals surface area contributed by atoms with Crippen molar-refractivity contribution in [3.05, 3.63) is 14.7 Å². The number of sulfonamides is 1. The summed E-state index contributed by atoms with van der Waals surface area (Å²) >= 11 is 6.22. The average molecular weight is 359 g/mol. The van der Waals surface area contributed by atoms with Crippen molar-refractivity contribution in [2.75, 3.05) is 12.8 Å². The largest absolute Gasteiger partial charge is 0.326 e. The van der Waals surface area contributed by atoms with Crippen molar-refractivity contribution < 1.29 is 8.42 Å². The highest BCUT2D eigenvalue weighted by molar-refractivity contribution is 9.11. The minimum absolute atomic E-state index is 0.246. The SMILES string of the molecule is CSC(C)CNS(=O)(=O)c1cc(CN)sc1Br. The minimum atomic E-state index is -3.44. The fraction of sp³-hybridized carbons (Fsp3) is 0.556. The number of thiophene rings is 1. The highest BCUT2D eigenvalue weighted by Gasteiger charge is 2.20. The fourth-order valence-electron chi connectivity index (χ4n) is 1.07. The molecule has 0 amide bonds. The van der Waals surface area contributed by atoms with E-state index in [-0.39, 0.29) is 10.1 Å². The molecule has 1 rings (SSSR count). The predicted octanol–water partition coefficient (Wildman–Crippen LogP) is 2.00. The molecule has 17 heavy (non-hydrogen) atoms. The summed E-state index contributed by atoms with van der Waals surface area (Å²) in [6.45, 7) is 2.74. The van der Waals surface area contributed by atoms with Crippen LogP contribution in [-0.2, 0) is 16.6 Å². The van der Waals surface area contributed by atoms with E-state index in [2.05, 4.69) is 20.7 Å². The third kappa shape index (κ3) is 4.22. The van der Waals surface area contributed by atoms with Crippen LogP contribution in [0.25, 0.3) is 0 Å². The van der Waals surface area contributed by atoms with Crippen LogP contribution in [0.15, 0.2) is 14.7 Å². The third-order valence-corrected chi connectivity index (χ3v) is 6.83. The van der Waals surface area contributed by atoms with Gasteiger partial charge in [-0.05, 0) is 28.3 Å². The molecule has 0 aliphatic heterocycles. The molecule has 0 bridgehead atoms. The Morgan fingerprint density at radius 3 is 2.76 bits per heavy atom. The Balaban J connectivity index is 2.85. The van der Waals surface area contributed by atoms with Crippen LogP contribution in [0.4, 0.5) is 0 Å². The zero-order valence-electron chi connectivity index (χ0n) is 9.57. The van der Waals surface area contributed by atoms with Crippen LogP contribution in [-0.4, -0.2) is 26.5 Å². The summed E-state index contributed by atoms with van der Waals surface area (Å²) in [6.07, 6.45) is 1.95. The van der Waals surface area contributed by atoms with Crippen LogP contribution in [0.1, 0.15) is 11.8 Å². The summed E-state index contributed by atoms with van der Waals surface area (Å²) in [4.78, 5) is 1.12. The van der Waals surface area contributed by atoms with E-state index in [4.69, 9.17) is 5.73 Å². The normalized spacial score (nSPS) is 13.9. The van der Waals surface area contributed by atoms with Crippen LogP contribution in [0.3, 0.4) is 0 Å². The van der Waals surface area contributed by atoms with Gasteiger partial charge in [0.25, 0.3) is 0 Å². The standard InChI is InChI=1S/C9H15BrN2O2S3/c1-6(15-2)5-12-17(13,14)8-3-7(4-11)16-9(8)10/h3,6,12H,4-5,11H2,1-2H3. The van der Waals surface area contributed by atoms with Gasteiger partial charge >= 0.3 is 0 Å². The number of hydrogen-bond acceptors (Lipinski definition) is 5. The maximum Gasteiger partial charge on any atom is 0.242 e. The number of nitrogens with two attached hydrogens (primary N) is 1. The lowest BCUT2D eigenvalue weighted by Gasteiger charge is -2.09. The van der Waals surface area contributed by atoms with Crippen LogP contribution in [0.2, 0.25) is 0 Å². The maximum atomic E-state index is 12.0. The summed E-state index contributed by atoms with van der Waals surface area (Å²) in [6, 6.07) is 1.61. The quantitative estimate of drug-likeness (QED) is 0.815. The first kappa shape index (κ1) is 15.5. The van der Waals surface area contributed by atoms with Crippen molar-refractivity contribution in [3.63, 3.8) is 0 Å². The molecule has 0 aliphatic rings. The van der Waals surface area contributed by atoms with Gasteiger partial charge in [-0.3, -0.25) is 0 Å². The summed E-state index contributed by atoms with van der Waals surface area (Å²) < 4.78 is 27.2. The second kappa shape index (κ2) is 6.53. The molecule has 8 heteroatoms. The second-order valence-electron chi connectivity index (χ2n) is 3.45. The molecule has 3 N–H and O–H groups in total. The second-order valence-corrected chi connectivity index (χ2v) is 8.92. The van der Waals surface area contributed by atoms with Crippen LogP contribution < -0.4 is 10.5 Å². The monoisotopic (exact) mass is 358 g/mol. The Kier molecular flexibility index (Phi) is 5.94. The van der Waals surface area contributed by atoms with Crippen molar-refractivity contribution in [2.45, 2.75) is 23.6 Å². The van der Waals surface area contributed by atoms with E-state index in [1.807, 2.05) is 13.2 Å². The number of nitrogens with one attached hydrogen (secondary N) is 1. The lowest BCUT2D eigenvalue weighted by atomic mass is 10.5. The van der Waals surface area contributed by atoms with E-state index in [0.29, 0.717) is 16.9 Å². The van der Waals surface area contributed by atoms with Crippen LogP contribution in [0, 0.1) is 0 Å². The molecule has 0 aliphatic carbocycles. The molecule has 98 valence electrons. The average Bonchev–Trinajstić information content (AvgIpc) is 2.68. The number of halogens is 1. The van der Waals surface area contributed by atoms with Gasteiger partial charge in [-0.15, -0.1) is 11.3 Å². The Labute approximate surface area is 119 Å². The number of rotatable bonds is 6. The third-order valence-electron chi connectivity index (χ3n) is 2.16. The number of thioether (sulfide) groups is 1. The zero-order valence-corrected chi connectivity index (χ0v) is 13.6. The molecule has 0 saturated carbocycles. The first-order valence-corrected chi connectivity index (χ1v) is 9.29. The van der Waals surface area contributed by atoms with Crippen molar-refractivity contribution in [1.82, 2.24) is 4.72 Å². The summed E-state index contributed by atoms with van der Waals surface area (Å²) in [5.41, 5.74) is 5.49. The summed E-state index contributed by atoms with van der Waals surface area (Å²) in [5.74, 6) is 0. The van der Waals surface area contributed by atoms with Gasteiger partial charge in [0.05, 0.1) is 3.79 Å². The first-order chi connectivity index (χ1) is 7.90. The molecule has 0 fully saturated rings. The minimum Gasteiger partial charge on any atom is -0.326 e. The molecular weight excluding hydrogens is 344 g/mol. The zero-order chi connectivity index (χ0) is 13.1. The van der Waals surface area contributed by atoms with Crippen molar-refractivity contribution in [3.8, 4) is 0 Å². The van der Waals surface area contributed by atoms with Crippen molar-refractivity contribution in [2.24, 2.45) is 5.73 Å². The Bertz CT molecular complexity index is 473. The molecule has 4 nitrogen and oxygen atoms in total. The first-order valence-electron chi connectivity index (χ1n) is 4.91. The van der Waals surface area contributed by atoms with Gasteiger partial charge in [0.1, 0.15) is 4.90 Å². The Morgan fingerprint density at radius 1 is 1.65 bits per heavy atom. The molecule has 1 aromatic heterocycles. The van der Waals surface area contributed by atoms with Crippen LogP contribution in [0.5, 0.6) is 0 Å². The molecule has 1 atom stereocenters. The van der Waals surface area contributed by atoms with E-state index in [9.17, 15) is 8.42 Å². The molecule has 1 aromatic rings. The summed E-state index contributed by atoms with van der Waals surface area (Å²) in [7, 11) is -3.44. The fourth-order valence-corrected chi connectivity index (χ4v) is 5.11. The highest BCUT2D eigenvalue weighted by atomic mass is 79.9. The van der Waals surface area contributed by atoms with Gasteiger partial charge in [-0.1, -0.05) is 6.92 Å². The van der Waals surface area contributed by atoms with E-state index >= 15 is 0 Å². The van der Waals surface area contributed by atoms with Gasteiger partial charge in [0.2, 0.25) is 10.0 Å². The molecule has 1 heterocycles. The Hall–Kier alpha value is 0.400. The van der Waals surface area contributed by atoms with Gasteiger partial charge in [-0.25, -0.2) is 13.1 Å². The maximum absolute atomic E-state index is 12.0. The smallest absolute Gasteiger partial charge is 0.242 e. The van der Waals surface area contributed by atoms with Gasteiger partial charge in [0.15, 0.2) is 0 Å². The van der Waals surface area contributed by atoms with Gasteiger partial charge in [-0.2, -0.15) is 11.8 Å². The van der Waals surface area contributed by atoms with E-state index < -0.39 is 10.0 Å². The van der Waals surface area contributed by atoms with Crippen molar-refractivity contribution in [1.29, 1.82) is 0 Å². The lowest BCUT2D eigenvalue weighted by Crippen LogP contribution is -2.29. The number of hydrogen-bond donors (Lipinski definition) is 2. The van der Waals surface area contributed by atoms with E-state index in [0.717, 1.165) is 4.88 Å². The molecular formula is C9H15BrN2O2S3. The summed E-state index contributed by atoms with van der Waals surface area (Å²) in [5, 5.41) is 0.246. The van der Waals surface area contributed by atoms with Gasteiger partial charge < -0.3 is 5.73 Å². The van der Waals surface area contributed by atoms with E-state index in [1.165, 1.54) is 11.3 Å². The molecule has 1 unspecified atom stereocenters. The topological polar surface area (TPSA) is 72.2 Å². The molecule has 0 radical (unpaired) electrons. The Morgan fingerprint density at radius 2 is 2.29 bits per heavy atom. The molecule has 0 aromatic carbocycles. The lowest BCUT2D eigenvalue weighted by molar-refractivity contribution is 0.581. The predicted molar refractivity (Wildman–Crippen MR) is 78.1 cm³/mol.